The first kappa shape index (κ1) is 12.9. The highest BCUT2D eigenvalue weighted by Crippen LogP contribution is 2.28. The van der Waals surface area contributed by atoms with E-state index >= 15 is 0 Å². The molecule has 0 aliphatic rings. The predicted molar refractivity (Wildman–Crippen MR) is 64.8 cm³/mol. The van der Waals surface area contributed by atoms with E-state index < -0.39 is 12.1 Å². The summed E-state index contributed by atoms with van der Waals surface area (Å²) in [6.45, 7) is 3.58. The quantitative estimate of drug-likeness (QED) is 0.553. The van der Waals surface area contributed by atoms with E-state index in [1.807, 2.05) is 6.92 Å². The molecule has 0 saturated carbocycles. The van der Waals surface area contributed by atoms with Gasteiger partial charge < -0.3 is 15.9 Å². The van der Waals surface area contributed by atoms with Gasteiger partial charge in [-0.2, -0.15) is 0 Å². The minimum Gasteiger partial charge on any atom is -0.478 e. The molecule has 2 atom stereocenters. The van der Waals surface area contributed by atoms with E-state index in [0.717, 1.165) is 4.90 Å². The van der Waals surface area contributed by atoms with Gasteiger partial charge in [0.05, 0.1) is 11.7 Å². The second-order valence-corrected chi connectivity index (χ2v) is 5.07. The van der Waals surface area contributed by atoms with E-state index in [4.69, 9.17) is 10.8 Å². The molecule has 0 aliphatic carbocycles. The molecule has 0 bridgehead atoms. The van der Waals surface area contributed by atoms with Gasteiger partial charge in [0.15, 0.2) is 0 Å². The Morgan fingerprint density at radius 3 is 2.56 bits per heavy atom. The second kappa shape index (κ2) is 5.23. The molecule has 5 heteroatoms. The minimum absolute atomic E-state index is 0.00488. The Labute approximate surface area is 98.5 Å². The van der Waals surface area contributed by atoms with Crippen molar-refractivity contribution in [1.29, 1.82) is 0 Å². The van der Waals surface area contributed by atoms with Gasteiger partial charge >= 0.3 is 5.97 Å². The number of carboxylic acid groups (broad SMARTS) is 1. The fraction of sp³-hybridized carbons (Fsp3) is 0.364. The van der Waals surface area contributed by atoms with Gasteiger partial charge in [0.25, 0.3) is 0 Å². The summed E-state index contributed by atoms with van der Waals surface area (Å²) in [5.41, 5.74) is 5.89. The highest BCUT2D eigenvalue weighted by molar-refractivity contribution is 8.00. The number of nitrogens with two attached hydrogens (primary N) is 1. The first-order valence-corrected chi connectivity index (χ1v) is 5.77. The molecule has 88 valence electrons. The molecule has 0 amide bonds. The van der Waals surface area contributed by atoms with E-state index in [2.05, 4.69) is 0 Å². The van der Waals surface area contributed by atoms with Crippen molar-refractivity contribution < 1.29 is 15.0 Å². The maximum absolute atomic E-state index is 10.9. The normalized spacial score (nSPS) is 14.4. The average Bonchev–Trinajstić information content (AvgIpc) is 2.20. The Morgan fingerprint density at radius 2 is 2.06 bits per heavy atom. The van der Waals surface area contributed by atoms with Crippen LogP contribution in [0.25, 0.3) is 0 Å². The summed E-state index contributed by atoms with van der Waals surface area (Å²) in [7, 11) is 0. The molecular formula is C11H15NO3S. The second-order valence-electron chi connectivity index (χ2n) is 3.62. The molecule has 1 rings (SSSR count). The Bertz CT molecular complexity index is 393. The van der Waals surface area contributed by atoms with Gasteiger partial charge in [-0.3, -0.25) is 0 Å². The molecule has 4 N–H and O–H groups in total. The fourth-order valence-corrected chi connectivity index (χ4v) is 2.07. The zero-order valence-corrected chi connectivity index (χ0v) is 9.99. The van der Waals surface area contributed by atoms with Gasteiger partial charge in [0.2, 0.25) is 0 Å². The first-order valence-electron chi connectivity index (χ1n) is 4.89. The number of hydrogen-bond donors (Lipinski definition) is 3. The number of thioether (sulfide) groups is 1. The third kappa shape index (κ3) is 3.15. The van der Waals surface area contributed by atoms with Crippen LogP contribution in [0.1, 0.15) is 24.2 Å². The van der Waals surface area contributed by atoms with Crippen LogP contribution < -0.4 is 5.73 Å². The summed E-state index contributed by atoms with van der Waals surface area (Å²) < 4.78 is 0. The zero-order chi connectivity index (χ0) is 12.3. The lowest BCUT2D eigenvalue weighted by molar-refractivity contribution is 0.0698. The van der Waals surface area contributed by atoms with Crippen LogP contribution in [-0.4, -0.2) is 27.5 Å². The Morgan fingerprint density at radius 1 is 1.44 bits per heavy atom. The maximum atomic E-state index is 10.9. The number of hydrogen-bond acceptors (Lipinski definition) is 4. The highest BCUT2D eigenvalue weighted by atomic mass is 32.2. The third-order valence-electron chi connectivity index (χ3n) is 2.26. The Kier molecular flexibility index (Phi) is 4.20. The standard InChI is InChI=1S/C11H15NO3S/c1-6(13)7(2)16-8-3-4-10(12)9(5-8)11(14)15/h3-7,13H,12H2,1-2H3,(H,14,15). The molecule has 0 aliphatic heterocycles. The number of carboxylic acids is 1. The van der Waals surface area contributed by atoms with Crippen molar-refractivity contribution >= 4 is 23.4 Å². The number of benzene rings is 1. The average molecular weight is 241 g/mol. The molecule has 2 unspecified atom stereocenters. The molecule has 0 fully saturated rings. The minimum atomic E-state index is -1.04. The van der Waals surface area contributed by atoms with E-state index in [1.165, 1.54) is 17.8 Å². The van der Waals surface area contributed by atoms with Crippen molar-refractivity contribution in [2.45, 2.75) is 30.1 Å². The molecule has 4 nitrogen and oxygen atoms in total. The van der Waals surface area contributed by atoms with E-state index in [9.17, 15) is 9.90 Å². The summed E-state index contributed by atoms with van der Waals surface area (Å²) in [5.74, 6) is -1.04. The number of nitrogen functional groups attached to an aromatic ring is 1. The number of rotatable bonds is 4. The van der Waals surface area contributed by atoms with Gasteiger partial charge in [0, 0.05) is 15.8 Å². The van der Waals surface area contributed by atoms with Gasteiger partial charge in [0.1, 0.15) is 0 Å². The molecule has 0 aromatic heterocycles. The van der Waals surface area contributed by atoms with Crippen molar-refractivity contribution in [2.24, 2.45) is 0 Å². The molecular weight excluding hydrogens is 226 g/mol. The Balaban J connectivity index is 2.91. The molecule has 0 spiro atoms. The lowest BCUT2D eigenvalue weighted by atomic mass is 10.2. The van der Waals surface area contributed by atoms with Crippen LogP contribution in [0.15, 0.2) is 23.1 Å². The number of carbonyl (C=O) groups is 1. The number of aliphatic hydroxyl groups excluding tert-OH is 1. The first-order chi connectivity index (χ1) is 7.41. The van der Waals surface area contributed by atoms with Gasteiger partial charge in [-0.15, -0.1) is 11.8 Å². The summed E-state index contributed by atoms with van der Waals surface area (Å²) in [4.78, 5) is 11.6. The van der Waals surface area contributed by atoms with Crippen LogP contribution >= 0.6 is 11.8 Å². The van der Waals surface area contributed by atoms with Crippen LogP contribution in [0.3, 0.4) is 0 Å². The van der Waals surface area contributed by atoms with Crippen LogP contribution in [0.5, 0.6) is 0 Å². The molecule has 0 saturated heterocycles. The van der Waals surface area contributed by atoms with E-state index in [1.54, 1.807) is 19.1 Å². The Hall–Kier alpha value is -1.20. The zero-order valence-electron chi connectivity index (χ0n) is 9.18. The van der Waals surface area contributed by atoms with E-state index in [-0.39, 0.29) is 16.5 Å². The molecule has 1 aromatic carbocycles. The molecule has 16 heavy (non-hydrogen) atoms. The maximum Gasteiger partial charge on any atom is 0.337 e. The molecule has 0 heterocycles. The highest BCUT2D eigenvalue weighted by Gasteiger charge is 2.13. The van der Waals surface area contributed by atoms with Crippen molar-refractivity contribution in [3.05, 3.63) is 23.8 Å². The third-order valence-corrected chi connectivity index (χ3v) is 3.55. The lowest BCUT2D eigenvalue weighted by Gasteiger charge is -2.14. The topological polar surface area (TPSA) is 83.5 Å². The van der Waals surface area contributed by atoms with Crippen molar-refractivity contribution in [2.75, 3.05) is 5.73 Å². The van der Waals surface area contributed by atoms with Crippen LogP contribution in [0.4, 0.5) is 5.69 Å². The molecule has 1 aromatic rings. The summed E-state index contributed by atoms with van der Waals surface area (Å²) in [5, 5.41) is 18.3. The van der Waals surface area contributed by atoms with Crippen molar-refractivity contribution in [1.82, 2.24) is 0 Å². The monoisotopic (exact) mass is 241 g/mol. The molecule has 0 radical (unpaired) electrons. The van der Waals surface area contributed by atoms with Gasteiger partial charge in [-0.05, 0) is 25.1 Å². The summed E-state index contributed by atoms with van der Waals surface area (Å²) >= 11 is 1.42. The lowest BCUT2D eigenvalue weighted by Crippen LogP contribution is -2.15. The predicted octanol–water partition coefficient (Wildman–Crippen LogP) is 1.83. The van der Waals surface area contributed by atoms with Crippen molar-refractivity contribution in [3.8, 4) is 0 Å². The SMILES string of the molecule is CC(O)C(C)Sc1ccc(N)c(C(=O)O)c1. The summed E-state index contributed by atoms with van der Waals surface area (Å²) in [6.07, 6.45) is -0.448. The van der Waals surface area contributed by atoms with Crippen LogP contribution in [0, 0.1) is 0 Å². The van der Waals surface area contributed by atoms with Crippen molar-refractivity contribution in [3.63, 3.8) is 0 Å². The number of aromatic carboxylic acids is 1. The van der Waals surface area contributed by atoms with Crippen LogP contribution in [-0.2, 0) is 0 Å². The smallest absolute Gasteiger partial charge is 0.337 e. The number of anilines is 1. The summed E-state index contributed by atoms with van der Waals surface area (Å²) in [6, 6.07) is 4.85. The van der Waals surface area contributed by atoms with Crippen LogP contribution in [0.2, 0.25) is 0 Å². The number of aliphatic hydroxyl groups is 1. The van der Waals surface area contributed by atoms with Gasteiger partial charge in [-0.25, -0.2) is 4.79 Å². The fourth-order valence-electron chi connectivity index (χ4n) is 1.11. The van der Waals surface area contributed by atoms with E-state index in [0.29, 0.717) is 0 Å². The largest absolute Gasteiger partial charge is 0.478 e. The van der Waals surface area contributed by atoms with Gasteiger partial charge in [-0.1, -0.05) is 6.92 Å².